The van der Waals surface area contributed by atoms with E-state index in [1.165, 1.54) is 0 Å². The number of aromatic amines is 1. The number of H-pyrrole nitrogens is 1. The Morgan fingerprint density at radius 2 is 2.22 bits per heavy atom. The minimum Gasteiger partial charge on any atom is -0.399 e. The zero-order chi connectivity index (χ0) is 12.7. The Morgan fingerprint density at radius 1 is 1.39 bits per heavy atom. The maximum absolute atomic E-state index is 12.0. The summed E-state index contributed by atoms with van der Waals surface area (Å²) in [5.74, 6) is -0.115. The van der Waals surface area contributed by atoms with Gasteiger partial charge in [0.25, 0.3) is 5.91 Å². The third-order valence-corrected chi connectivity index (χ3v) is 3.05. The molecule has 1 aromatic carbocycles. The second kappa shape index (κ2) is 3.73. The number of nitrogens with one attached hydrogen (secondary N) is 2. The first-order valence-corrected chi connectivity index (χ1v) is 5.58. The molecule has 5 nitrogen and oxygen atoms in total. The van der Waals surface area contributed by atoms with Crippen molar-refractivity contribution in [2.75, 3.05) is 11.1 Å². The lowest BCUT2D eigenvalue weighted by Gasteiger charge is -2.03. The fourth-order valence-electron chi connectivity index (χ4n) is 2.15. The maximum Gasteiger partial charge on any atom is 0.256 e. The molecule has 0 unspecified atom stereocenters. The highest BCUT2D eigenvalue weighted by Gasteiger charge is 2.26. The maximum atomic E-state index is 12.0. The number of hydrogen-bond donors (Lipinski definition) is 3. The van der Waals surface area contributed by atoms with Crippen molar-refractivity contribution >= 4 is 28.4 Å². The van der Waals surface area contributed by atoms with Crippen LogP contribution >= 0.6 is 0 Å². The summed E-state index contributed by atoms with van der Waals surface area (Å²) in [6.45, 7) is 1.88. The number of allylic oxidation sites excluding steroid dienone is 1. The minimum atomic E-state index is -0.115. The van der Waals surface area contributed by atoms with Crippen LogP contribution in [0.25, 0.3) is 11.1 Å². The Kier molecular flexibility index (Phi) is 2.19. The van der Waals surface area contributed by atoms with Gasteiger partial charge < -0.3 is 16.0 Å². The predicted molar refractivity (Wildman–Crippen MR) is 70.6 cm³/mol. The first-order valence-electron chi connectivity index (χ1n) is 5.58. The number of carbonyl (C=O) groups excluding carboxylic acids is 1. The zero-order valence-electron chi connectivity index (χ0n) is 9.82. The van der Waals surface area contributed by atoms with Crippen LogP contribution in [0.5, 0.6) is 0 Å². The highest BCUT2D eigenvalue weighted by Crippen LogP contribution is 2.37. The van der Waals surface area contributed by atoms with Crippen molar-refractivity contribution in [2.45, 2.75) is 6.92 Å². The van der Waals surface area contributed by atoms with Gasteiger partial charge in [0, 0.05) is 23.1 Å². The van der Waals surface area contributed by atoms with Gasteiger partial charge in [-0.15, -0.1) is 0 Å². The fourth-order valence-corrected chi connectivity index (χ4v) is 2.15. The van der Waals surface area contributed by atoms with Crippen molar-refractivity contribution in [3.63, 3.8) is 0 Å². The standard InChI is InChI=1S/C13H12N4O/c1-7(11-5-15-6-16-11)12-9-4-8(14)2-3-10(9)17-13(12)18/h2-6H,14H2,1H3,(H,15,16)(H,17,18)/b12-7+. The van der Waals surface area contributed by atoms with Crippen LogP contribution in [0.15, 0.2) is 30.7 Å². The normalized spacial score (nSPS) is 16.4. The van der Waals surface area contributed by atoms with Crippen molar-refractivity contribution in [3.05, 3.63) is 42.0 Å². The van der Waals surface area contributed by atoms with Gasteiger partial charge in [-0.05, 0) is 30.7 Å². The quantitative estimate of drug-likeness (QED) is 0.525. The Hall–Kier alpha value is -2.56. The molecule has 18 heavy (non-hydrogen) atoms. The van der Waals surface area contributed by atoms with E-state index < -0.39 is 0 Å². The number of fused-ring (bicyclic) bond motifs is 1. The molecule has 90 valence electrons. The van der Waals surface area contributed by atoms with E-state index in [-0.39, 0.29) is 5.91 Å². The molecule has 5 heteroatoms. The molecule has 0 spiro atoms. The van der Waals surface area contributed by atoms with Crippen molar-refractivity contribution in [1.29, 1.82) is 0 Å². The summed E-state index contributed by atoms with van der Waals surface area (Å²) < 4.78 is 0. The molecular weight excluding hydrogens is 228 g/mol. The first kappa shape index (κ1) is 10.6. The van der Waals surface area contributed by atoms with Gasteiger partial charge in [-0.2, -0.15) is 0 Å². The molecule has 1 amide bonds. The minimum absolute atomic E-state index is 0.115. The van der Waals surface area contributed by atoms with Crippen LogP contribution in [0, 0.1) is 0 Å². The highest BCUT2D eigenvalue weighted by atomic mass is 16.2. The van der Waals surface area contributed by atoms with Gasteiger partial charge in [-0.25, -0.2) is 4.98 Å². The lowest BCUT2D eigenvalue weighted by Crippen LogP contribution is -2.05. The van der Waals surface area contributed by atoms with Gasteiger partial charge in [0.1, 0.15) is 0 Å². The average molecular weight is 240 g/mol. The van der Waals surface area contributed by atoms with Gasteiger partial charge in [0.2, 0.25) is 0 Å². The topological polar surface area (TPSA) is 83.8 Å². The van der Waals surface area contributed by atoms with Crippen LogP contribution in [0.1, 0.15) is 18.2 Å². The number of carbonyl (C=O) groups is 1. The van der Waals surface area contributed by atoms with Crippen molar-refractivity contribution < 1.29 is 4.79 Å². The number of nitrogens with zero attached hydrogens (tertiary/aromatic N) is 1. The molecule has 0 bridgehead atoms. The summed E-state index contributed by atoms with van der Waals surface area (Å²) in [7, 11) is 0. The van der Waals surface area contributed by atoms with E-state index in [0.717, 1.165) is 22.5 Å². The fraction of sp³-hybridized carbons (Fsp3) is 0.0769. The van der Waals surface area contributed by atoms with Crippen LogP contribution < -0.4 is 11.1 Å². The summed E-state index contributed by atoms with van der Waals surface area (Å²) in [5.41, 5.74) is 10.3. The lowest BCUT2D eigenvalue weighted by molar-refractivity contribution is -0.110. The molecule has 3 rings (SSSR count). The summed E-state index contributed by atoms with van der Waals surface area (Å²) in [4.78, 5) is 19.1. The summed E-state index contributed by atoms with van der Waals surface area (Å²) in [5, 5.41) is 2.83. The SMILES string of the molecule is C/C(=C1\C(=O)Nc2ccc(N)cc21)c1c[nH]cn1. The van der Waals surface area contributed by atoms with Gasteiger partial charge in [-0.3, -0.25) is 4.79 Å². The molecular formula is C13H12N4O. The number of anilines is 2. The number of imidazole rings is 1. The number of hydrogen-bond acceptors (Lipinski definition) is 3. The third-order valence-electron chi connectivity index (χ3n) is 3.05. The Labute approximate surface area is 104 Å². The molecule has 1 aromatic heterocycles. The predicted octanol–water partition coefficient (Wildman–Crippen LogP) is 1.87. The van der Waals surface area contributed by atoms with E-state index in [2.05, 4.69) is 15.3 Å². The Morgan fingerprint density at radius 3 is 2.94 bits per heavy atom. The van der Waals surface area contributed by atoms with E-state index in [0.29, 0.717) is 11.3 Å². The molecule has 0 radical (unpaired) electrons. The van der Waals surface area contributed by atoms with Crippen molar-refractivity contribution in [2.24, 2.45) is 0 Å². The van der Waals surface area contributed by atoms with Crippen LogP contribution in [0.3, 0.4) is 0 Å². The molecule has 2 aromatic rings. The lowest BCUT2D eigenvalue weighted by atomic mass is 10.00. The Balaban J connectivity index is 2.23. The molecule has 1 aliphatic rings. The van der Waals surface area contributed by atoms with Crippen LogP contribution in [-0.4, -0.2) is 15.9 Å². The third kappa shape index (κ3) is 1.48. The molecule has 0 saturated heterocycles. The van der Waals surface area contributed by atoms with Gasteiger partial charge in [-0.1, -0.05) is 0 Å². The molecule has 0 aliphatic carbocycles. The van der Waals surface area contributed by atoms with Crippen LogP contribution in [0.4, 0.5) is 11.4 Å². The monoisotopic (exact) mass is 240 g/mol. The summed E-state index contributed by atoms with van der Waals surface area (Å²) in [6.07, 6.45) is 3.35. The smallest absolute Gasteiger partial charge is 0.256 e. The highest BCUT2D eigenvalue weighted by molar-refractivity contribution is 6.36. The Bertz CT molecular complexity index is 656. The number of benzene rings is 1. The van der Waals surface area contributed by atoms with Crippen LogP contribution in [-0.2, 0) is 4.79 Å². The number of nitrogen functional groups attached to an aromatic ring is 1. The van der Waals surface area contributed by atoms with Crippen molar-refractivity contribution in [1.82, 2.24) is 9.97 Å². The van der Waals surface area contributed by atoms with Gasteiger partial charge in [0.05, 0.1) is 17.6 Å². The molecule has 0 saturated carbocycles. The molecule has 0 fully saturated rings. The summed E-state index contributed by atoms with van der Waals surface area (Å²) in [6, 6.07) is 5.39. The largest absolute Gasteiger partial charge is 0.399 e. The average Bonchev–Trinajstić information content (AvgIpc) is 2.94. The number of amides is 1. The van der Waals surface area contributed by atoms with E-state index in [9.17, 15) is 4.79 Å². The second-order valence-corrected chi connectivity index (χ2v) is 4.21. The van der Waals surface area contributed by atoms with Crippen molar-refractivity contribution in [3.8, 4) is 0 Å². The zero-order valence-corrected chi connectivity index (χ0v) is 9.82. The van der Waals surface area contributed by atoms with E-state index in [1.807, 2.05) is 13.0 Å². The number of nitrogens with two attached hydrogens (primary N) is 1. The van der Waals surface area contributed by atoms with E-state index >= 15 is 0 Å². The second-order valence-electron chi connectivity index (χ2n) is 4.21. The van der Waals surface area contributed by atoms with Gasteiger partial charge >= 0.3 is 0 Å². The molecule has 1 aliphatic heterocycles. The van der Waals surface area contributed by atoms with Gasteiger partial charge in [0.15, 0.2) is 0 Å². The van der Waals surface area contributed by atoms with E-state index in [4.69, 9.17) is 5.73 Å². The van der Waals surface area contributed by atoms with Crippen LogP contribution in [0.2, 0.25) is 0 Å². The van der Waals surface area contributed by atoms with E-state index in [1.54, 1.807) is 24.7 Å². The summed E-state index contributed by atoms with van der Waals surface area (Å²) >= 11 is 0. The molecule has 0 atom stereocenters. The number of rotatable bonds is 1. The number of aromatic nitrogens is 2. The first-order chi connectivity index (χ1) is 8.66. The molecule has 4 N–H and O–H groups in total. The molecule has 2 heterocycles.